The number of nitrogens with zero attached hydrogens (tertiary/aromatic N) is 2. The predicted molar refractivity (Wildman–Crippen MR) is 203 cm³/mol. The summed E-state index contributed by atoms with van der Waals surface area (Å²) in [5.74, 6) is 2.38. The second-order valence-electron chi connectivity index (χ2n) is 12.8. The Morgan fingerprint density at radius 1 is 0.680 bits per heavy atom. The molecule has 0 saturated carbocycles. The van der Waals surface area contributed by atoms with Gasteiger partial charge >= 0.3 is 0 Å². The van der Waals surface area contributed by atoms with Crippen LogP contribution in [-0.4, -0.2) is 29.9 Å². The van der Waals surface area contributed by atoms with Crippen LogP contribution in [0.4, 0.5) is 11.4 Å². The Kier molecular flexibility index (Phi) is 9.93. The van der Waals surface area contributed by atoms with Gasteiger partial charge in [0.25, 0.3) is 0 Å². The van der Waals surface area contributed by atoms with Gasteiger partial charge in [0.1, 0.15) is 17.3 Å². The number of ether oxygens (including phenoxy) is 2. The van der Waals surface area contributed by atoms with Crippen molar-refractivity contribution in [3.8, 4) is 11.5 Å². The van der Waals surface area contributed by atoms with Crippen LogP contribution in [0.5, 0.6) is 11.5 Å². The van der Waals surface area contributed by atoms with E-state index in [4.69, 9.17) is 9.47 Å². The van der Waals surface area contributed by atoms with Crippen molar-refractivity contribution in [1.29, 1.82) is 0 Å². The molecule has 4 aromatic carbocycles. The summed E-state index contributed by atoms with van der Waals surface area (Å²) in [6, 6.07) is 34.4. The van der Waals surface area contributed by atoms with Crippen LogP contribution >= 0.6 is 0 Å². The summed E-state index contributed by atoms with van der Waals surface area (Å²) in [5.41, 5.74) is 7.30. The van der Waals surface area contributed by atoms with Crippen molar-refractivity contribution in [2.45, 2.75) is 44.7 Å². The van der Waals surface area contributed by atoms with E-state index < -0.39 is 0 Å². The molecule has 5 nitrogen and oxygen atoms in total. The Morgan fingerprint density at radius 2 is 1.32 bits per heavy atom. The number of methoxy groups -OCH3 is 1. The Morgan fingerprint density at radius 3 is 1.94 bits per heavy atom. The molecule has 0 heterocycles. The van der Waals surface area contributed by atoms with E-state index in [-0.39, 0.29) is 17.9 Å². The molecule has 0 amide bonds. The van der Waals surface area contributed by atoms with Gasteiger partial charge in [0.15, 0.2) is 5.78 Å². The first-order chi connectivity index (χ1) is 24.6. The summed E-state index contributed by atoms with van der Waals surface area (Å²) in [4.78, 5) is 17.9. The normalized spacial score (nSPS) is 18.1. The van der Waals surface area contributed by atoms with E-state index in [0.29, 0.717) is 16.9 Å². The van der Waals surface area contributed by atoms with Gasteiger partial charge in [-0.1, -0.05) is 78.4 Å². The number of aryl methyl sites for hydroxylation is 1. The molecule has 3 aliphatic rings. The number of carbonyl (C=O) groups excluding carboxylic acids is 1. The summed E-state index contributed by atoms with van der Waals surface area (Å²) in [6.07, 6.45) is 23.7. The van der Waals surface area contributed by atoms with Gasteiger partial charge < -0.3 is 19.3 Å². The maximum atomic E-state index is 12.9. The molecule has 2 unspecified atom stereocenters. The minimum Gasteiger partial charge on any atom is -0.497 e. The van der Waals surface area contributed by atoms with Crippen LogP contribution in [-0.2, 0) is 0 Å². The molecule has 7 rings (SSSR count). The second kappa shape index (κ2) is 15.2. The third-order valence-electron chi connectivity index (χ3n) is 9.45. The van der Waals surface area contributed by atoms with E-state index in [9.17, 15) is 4.79 Å². The van der Waals surface area contributed by atoms with Crippen molar-refractivity contribution in [3.63, 3.8) is 0 Å². The predicted octanol–water partition coefficient (Wildman–Crippen LogP) is 10.4. The van der Waals surface area contributed by atoms with Crippen molar-refractivity contribution in [1.82, 2.24) is 4.90 Å². The molecule has 4 aromatic rings. The average molecular weight is 659 g/mol. The lowest BCUT2D eigenvalue weighted by atomic mass is 9.95. The number of anilines is 2. The van der Waals surface area contributed by atoms with Gasteiger partial charge in [0.05, 0.1) is 19.2 Å². The quantitative estimate of drug-likeness (QED) is 0.150. The molecule has 0 radical (unpaired) electrons. The first kappa shape index (κ1) is 32.7. The molecule has 5 heteroatoms. The number of ketones is 1. The molecule has 2 atom stereocenters. The van der Waals surface area contributed by atoms with Crippen molar-refractivity contribution in [2.24, 2.45) is 0 Å². The number of hydrogen-bond acceptors (Lipinski definition) is 5. The lowest BCUT2D eigenvalue weighted by Gasteiger charge is -2.41. The number of hydrogen-bond donors (Lipinski definition) is 0. The molecular weight excluding hydrogens is 617 g/mol. The molecule has 3 aliphatic carbocycles. The Bertz CT molecular complexity index is 1980. The van der Waals surface area contributed by atoms with E-state index in [0.717, 1.165) is 54.1 Å². The first-order valence-corrected chi connectivity index (χ1v) is 17.3. The minimum absolute atomic E-state index is 0.00959. The van der Waals surface area contributed by atoms with E-state index >= 15 is 0 Å². The van der Waals surface area contributed by atoms with Crippen LogP contribution in [0.25, 0.3) is 0 Å². The average Bonchev–Trinajstić information content (AvgIpc) is 3.18. The standard InChI is InChI=1S/C45H42N2O3/c1-33-13-15-34(16-14-33)45(48)35-17-27-43(28-18-35)50-44-31-25-41(26-32-44)47(37-11-7-4-8-12-37)39-21-19-38(20-22-39)46(36-9-5-3-6-10-36)40-23-29-42(49-2)30-24-40/h3-11,13-19,21,23-25,27-32,37,41H,12,20,22,26H2,1-2H3. The molecule has 0 aromatic heterocycles. The molecule has 0 aliphatic heterocycles. The summed E-state index contributed by atoms with van der Waals surface area (Å²) < 4.78 is 11.7. The number of rotatable bonds is 11. The van der Waals surface area contributed by atoms with Crippen LogP contribution in [0.1, 0.15) is 47.2 Å². The third-order valence-corrected chi connectivity index (χ3v) is 9.45. The lowest BCUT2D eigenvalue weighted by Crippen LogP contribution is -2.42. The van der Waals surface area contributed by atoms with E-state index in [2.05, 4.69) is 107 Å². The fourth-order valence-corrected chi connectivity index (χ4v) is 6.80. The summed E-state index contributed by atoms with van der Waals surface area (Å²) in [6.45, 7) is 2.02. The Balaban J connectivity index is 1.08. The van der Waals surface area contributed by atoms with Gasteiger partial charge in [-0.3, -0.25) is 4.79 Å². The molecule has 50 heavy (non-hydrogen) atoms. The zero-order valence-electron chi connectivity index (χ0n) is 28.6. The fraction of sp³-hybridized carbons (Fsp3) is 0.178. The summed E-state index contributed by atoms with van der Waals surface area (Å²) >= 11 is 0. The maximum Gasteiger partial charge on any atom is 0.193 e. The molecule has 0 saturated heterocycles. The Labute approximate surface area is 295 Å². The molecule has 250 valence electrons. The SMILES string of the molecule is COc1ccc(N(C2=CC=C(N(C3C=CC=CC3)C3C=CC(Oc4ccc(C(=O)c5ccc(C)cc5)cc4)=CC3)CC2)c2ccccc2)cc1. The summed E-state index contributed by atoms with van der Waals surface area (Å²) in [7, 11) is 1.70. The number of benzene rings is 4. The molecule has 0 spiro atoms. The van der Waals surface area contributed by atoms with Gasteiger partial charge in [-0.15, -0.1) is 0 Å². The van der Waals surface area contributed by atoms with Crippen LogP contribution in [0.3, 0.4) is 0 Å². The van der Waals surface area contributed by atoms with Crippen molar-refractivity contribution in [2.75, 3.05) is 12.0 Å². The highest BCUT2D eigenvalue weighted by Gasteiger charge is 2.28. The topological polar surface area (TPSA) is 42.0 Å². The van der Waals surface area contributed by atoms with Crippen LogP contribution in [0.15, 0.2) is 175 Å². The molecule has 0 fully saturated rings. The maximum absolute atomic E-state index is 12.9. The fourth-order valence-electron chi connectivity index (χ4n) is 6.80. The van der Waals surface area contributed by atoms with Gasteiger partial charge in [-0.25, -0.2) is 0 Å². The molecule has 0 N–H and O–H groups in total. The van der Waals surface area contributed by atoms with Gasteiger partial charge in [0.2, 0.25) is 0 Å². The van der Waals surface area contributed by atoms with Crippen molar-refractivity contribution < 1.29 is 14.3 Å². The molecular formula is C45H42N2O3. The van der Waals surface area contributed by atoms with Crippen molar-refractivity contribution >= 4 is 17.2 Å². The Hall–Kier alpha value is -5.81. The largest absolute Gasteiger partial charge is 0.497 e. The number of allylic oxidation sites excluding steroid dienone is 7. The third kappa shape index (κ3) is 7.42. The lowest BCUT2D eigenvalue weighted by molar-refractivity contribution is 0.103. The van der Waals surface area contributed by atoms with E-state index in [1.165, 1.54) is 11.4 Å². The van der Waals surface area contributed by atoms with Gasteiger partial charge in [-0.05, 0) is 118 Å². The highest BCUT2D eigenvalue weighted by atomic mass is 16.5. The highest BCUT2D eigenvalue weighted by molar-refractivity contribution is 6.09. The van der Waals surface area contributed by atoms with Crippen LogP contribution in [0, 0.1) is 6.92 Å². The second-order valence-corrected chi connectivity index (χ2v) is 12.8. The van der Waals surface area contributed by atoms with Gasteiger partial charge in [-0.2, -0.15) is 0 Å². The number of para-hydroxylation sites is 1. The van der Waals surface area contributed by atoms with Crippen LogP contribution in [0.2, 0.25) is 0 Å². The smallest absolute Gasteiger partial charge is 0.193 e. The van der Waals surface area contributed by atoms with Crippen molar-refractivity contribution in [3.05, 3.63) is 192 Å². The molecule has 0 bridgehead atoms. The number of carbonyl (C=O) groups is 1. The zero-order valence-corrected chi connectivity index (χ0v) is 28.6. The minimum atomic E-state index is 0.00959. The van der Waals surface area contributed by atoms with Crippen LogP contribution < -0.4 is 14.4 Å². The monoisotopic (exact) mass is 658 g/mol. The zero-order chi connectivity index (χ0) is 34.3. The van der Waals surface area contributed by atoms with E-state index in [1.807, 2.05) is 67.6 Å². The van der Waals surface area contributed by atoms with Gasteiger partial charge in [0, 0.05) is 33.9 Å². The van der Waals surface area contributed by atoms with E-state index in [1.54, 1.807) is 7.11 Å². The highest BCUT2D eigenvalue weighted by Crippen LogP contribution is 2.37. The summed E-state index contributed by atoms with van der Waals surface area (Å²) in [5, 5.41) is 0. The first-order valence-electron chi connectivity index (χ1n) is 17.3.